The molecule has 0 fully saturated rings. The number of thioether (sulfide) groups is 1. The molecule has 0 unspecified atom stereocenters. The van der Waals surface area contributed by atoms with Gasteiger partial charge in [0.15, 0.2) is 0 Å². The fraction of sp³-hybridized carbons (Fsp3) is 0.0385. The molecule has 6 nitrogen and oxygen atoms in total. The summed E-state index contributed by atoms with van der Waals surface area (Å²) in [7, 11) is 0. The molecule has 4 rings (SSSR count). The number of carboxylic acid groups (broad SMARTS) is 1. The Morgan fingerprint density at radius 1 is 0.703 bits per heavy atom. The summed E-state index contributed by atoms with van der Waals surface area (Å²) in [6, 6.07) is 20.2. The second kappa shape index (κ2) is 11.6. The molecule has 0 heterocycles. The monoisotopic (exact) mass is 592 g/mol. The van der Waals surface area contributed by atoms with E-state index in [0.29, 0.717) is 16.3 Å². The number of carbonyl (C=O) groups is 3. The number of amides is 2. The summed E-state index contributed by atoms with van der Waals surface area (Å²) in [6.07, 6.45) is 0. The van der Waals surface area contributed by atoms with Gasteiger partial charge in [0.05, 0.1) is 37.0 Å². The molecule has 0 aliphatic rings. The lowest BCUT2D eigenvalue weighted by Crippen LogP contribution is -2.18. The number of benzene rings is 4. The van der Waals surface area contributed by atoms with Crippen LogP contribution in [-0.4, -0.2) is 28.6 Å². The van der Waals surface area contributed by atoms with Crippen molar-refractivity contribution >= 4 is 98.1 Å². The third-order valence-electron chi connectivity index (χ3n) is 5.20. The first kappa shape index (κ1) is 27.1. The highest BCUT2D eigenvalue weighted by molar-refractivity contribution is 8.00. The number of anilines is 2. The van der Waals surface area contributed by atoms with Crippen LogP contribution in [0.5, 0.6) is 0 Å². The number of hydrogen-bond acceptors (Lipinski definition) is 4. The molecule has 0 radical (unpaired) electrons. The van der Waals surface area contributed by atoms with Crippen molar-refractivity contribution in [3.8, 4) is 0 Å². The number of rotatable bonds is 7. The van der Waals surface area contributed by atoms with Gasteiger partial charge in [0.1, 0.15) is 0 Å². The van der Waals surface area contributed by atoms with Gasteiger partial charge < -0.3 is 15.7 Å². The quantitative estimate of drug-likeness (QED) is 0.114. The van der Waals surface area contributed by atoms with E-state index < -0.39 is 28.0 Å². The van der Waals surface area contributed by atoms with E-state index >= 15 is 0 Å². The Hall–Kier alpha value is -2.94. The molecule has 0 saturated carbocycles. The zero-order chi connectivity index (χ0) is 26.7. The summed E-state index contributed by atoms with van der Waals surface area (Å²) in [5.74, 6) is -2.39. The predicted molar refractivity (Wildman–Crippen MR) is 151 cm³/mol. The van der Waals surface area contributed by atoms with Crippen LogP contribution < -0.4 is 10.6 Å². The first-order chi connectivity index (χ1) is 17.7. The molecule has 4 aromatic carbocycles. The van der Waals surface area contributed by atoms with Crippen LogP contribution in [0.1, 0.15) is 20.7 Å². The third kappa shape index (κ3) is 6.14. The zero-order valence-electron chi connectivity index (χ0n) is 18.7. The molecule has 0 aliphatic carbocycles. The molecule has 0 saturated heterocycles. The highest BCUT2D eigenvalue weighted by Gasteiger charge is 2.29. The minimum absolute atomic E-state index is 0.127. The number of nitrogens with one attached hydrogen (secondary N) is 2. The van der Waals surface area contributed by atoms with Gasteiger partial charge in [-0.05, 0) is 41.1 Å². The topological polar surface area (TPSA) is 95.5 Å². The molecule has 0 bridgehead atoms. The number of hydrogen-bond donors (Lipinski definition) is 3. The van der Waals surface area contributed by atoms with E-state index in [1.165, 1.54) is 11.8 Å². The average molecular weight is 594 g/mol. The molecular weight excluding hydrogens is 578 g/mol. The zero-order valence-corrected chi connectivity index (χ0v) is 22.5. The number of halogens is 4. The van der Waals surface area contributed by atoms with Crippen molar-refractivity contribution in [2.24, 2.45) is 0 Å². The van der Waals surface area contributed by atoms with Crippen LogP contribution >= 0.6 is 58.2 Å². The van der Waals surface area contributed by atoms with Crippen molar-refractivity contribution in [1.82, 2.24) is 0 Å². The second-order valence-corrected chi connectivity index (χ2v) is 10.3. The van der Waals surface area contributed by atoms with Gasteiger partial charge in [0.25, 0.3) is 5.91 Å². The normalized spacial score (nSPS) is 10.8. The Balaban J connectivity index is 1.45. The molecule has 0 spiro atoms. The highest BCUT2D eigenvalue weighted by atomic mass is 35.5. The van der Waals surface area contributed by atoms with Crippen molar-refractivity contribution in [2.45, 2.75) is 4.90 Å². The van der Waals surface area contributed by atoms with E-state index in [1.54, 1.807) is 24.3 Å². The molecular formula is C26H16Cl4N2O4S. The summed E-state index contributed by atoms with van der Waals surface area (Å²) in [4.78, 5) is 37.9. The first-order valence-corrected chi connectivity index (χ1v) is 13.1. The molecule has 37 heavy (non-hydrogen) atoms. The summed E-state index contributed by atoms with van der Waals surface area (Å²) >= 11 is 25.4. The maximum absolute atomic E-state index is 13.0. The lowest BCUT2D eigenvalue weighted by Gasteiger charge is -2.14. The van der Waals surface area contributed by atoms with Crippen LogP contribution in [0.25, 0.3) is 10.8 Å². The Kier molecular flexibility index (Phi) is 8.52. The highest BCUT2D eigenvalue weighted by Crippen LogP contribution is 2.42. The van der Waals surface area contributed by atoms with E-state index in [1.807, 2.05) is 42.5 Å². The maximum atomic E-state index is 13.0. The predicted octanol–water partition coefficient (Wildman–Crippen LogP) is 8.13. The smallest absolute Gasteiger partial charge is 0.338 e. The van der Waals surface area contributed by atoms with Crippen molar-refractivity contribution in [1.29, 1.82) is 0 Å². The molecule has 0 atom stereocenters. The first-order valence-electron chi connectivity index (χ1n) is 10.6. The molecule has 4 aromatic rings. The molecule has 188 valence electrons. The number of fused-ring (bicyclic) bond motifs is 1. The molecule has 3 N–H and O–H groups in total. The van der Waals surface area contributed by atoms with E-state index in [4.69, 9.17) is 46.4 Å². The van der Waals surface area contributed by atoms with Gasteiger partial charge in [0, 0.05) is 16.3 Å². The number of carboxylic acids is 1. The van der Waals surface area contributed by atoms with Gasteiger partial charge in [-0.1, -0.05) is 82.8 Å². The van der Waals surface area contributed by atoms with E-state index in [-0.39, 0.29) is 26.7 Å². The van der Waals surface area contributed by atoms with Crippen LogP contribution in [0.4, 0.5) is 11.4 Å². The Morgan fingerprint density at radius 2 is 1.35 bits per heavy atom. The lowest BCUT2D eigenvalue weighted by atomic mass is 10.1. The minimum atomic E-state index is -1.49. The van der Waals surface area contributed by atoms with Crippen LogP contribution in [0, 0.1) is 0 Å². The van der Waals surface area contributed by atoms with Gasteiger partial charge in [-0.3, -0.25) is 9.59 Å². The molecule has 2 amide bonds. The van der Waals surface area contributed by atoms with Crippen molar-refractivity contribution in [3.63, 3.8) is 0 Å². The van der Waals surface area contributed by atoms with E-state index in [2.05, 4.69) is 10.6 Å². The van der Waals surface area contributed by atoms with Crippen LogP contribution in [0.3, 0.4) is 0 Å². The second-order valence-electron chi connectivity index (χ2n) is 7.69. The van der Waals surface area contributed by atoms with Gasteiger partial charge in [-0.25, -0.2) is 4.79 Å². The van der Waals surface area contributed by atoms with Crippen LogP contribution in [0.2, 0.25) is 20.1 Å². The fourth-order valence-corrected chi connectivity index (χ4v) is 5.29. The van der Waals surface area contributed by atoms with Gasteiger partial charge in [-0.15, -0.1) is 11.8 Å². The SMILES string of the molecule is O=C(CSc1cccc(NC(=O)c2c(Cl)c(Cl)c(Cl)c(Cl)c2C(=O)O)c1)Nc1ccc2ccccc2c1. The summed E-state index contributed by atoms with van der Waals surface area (Å²) in [6.45, 7) is 0. The van der Waals surface area contributed by atoms with Gasteiger partial charge in [-0.2, -0.15) is 0 Å². The molecule has 0 aliphatic heterocycles. The van der Waals surface area contributed by atoms with E-state index in [0.717, 1.165) is 10.8 Å². The largest absolute Gasteiger partial charge is 0.478 e. The lowest BCUT2D eigenvalue weighted by molar-refractivity contribution is -0.113. The molecule has 0 aromatic heterocycles. The number of carbonyl (C=O) groups excluding carboxylic acids is 2. The van der Waals surface area contributed by atoms with Gasteiger partial charge in [0.2, 0.25) is 5.91 Å². The van der Waals surface area contributed by atoms with Crippen LogP contribution in [-0.2, 0) is 4.79 Å². The third-order valence-corrected chi connectivity index (χ3v) is 8.00. The van der Waals surface area contributed by atoms with Gasteiger partial charge >= 0.3 is 5.97 Å². The summed E-state index contributed by atoms with van der Waals surface area (Å²) in [5.41, 5.74) is 0.0621. The standard InChI is InChI=1S/C26H16Cl4N2O4S/c27-21-19(20(26(35)36)22(28)24(30)23(21)29)25(34)32-15-6-3-7-17(11-15)37-12-18(33)31-16-9-8-13-4-1-2-5-14(13)10-16/h1-11H,12H2,(H,31,33)(H,32,34)(H,35,36). The van der Waals surface area contributed by atoms with E-state index in [9.17, 15) is 19.5 Å². The fourth-order valence-electron chi connectivity index (χ4n) is 3.52. The average Bonchev–Trinajstić information content (AvgIpc) is 2.88. The van der Waals surface area contributed by atoms with Crippen molar-refractivity contribution < 1.29 is 19.5 Å². The summed E-state index contributed by atoms with van der Waals surface area (Å²) in [5, 5.41) is 15.9. The van der Waals surface area contributed by atoms with Crippen molar-refractivity contribution in [2.75, 3.05) is 16.4 Å². The Bertz CT molecular complexity index is 1560. The summed E-state index contributed by atoms with van der Waals surface area (Å²) < 4.78 is 0. The number of aromatic carboxylic acids is 1. The Labute approximate surface area is 235 Å². The maximum Gasteiger partial charge on any atom is 0.338 e. The Morgan fingerprint density at radius 3 is 2.05 bits per heavy atom. The van der Waals surface area contributed by atoms with Crippen LogP contribution in [0.15, 0.2) is 71.6 Å². The molecule has 11 heteroatoms. The minimum Gasteiger partial charge on any atom is -0.478 e. The van der Waals surface area contributed by atoms with Crippen molar-refractivity contribution in [3.05, 3.63) is 97.9 Å².